The second kappa shape index (κ2) is 5.48. The van der Waals surface area contributed by atoms with E-state index >= 15 is 0 Å². The van der Waals surface area contributed by atoms with Crippen molar-refractivity contribution in [2.75, 3.05) is 26.3 Å². The van der Waals surface area contributed by atoms with Crippen LogP contribution in [0.5, 0.6) is 0 Å². The van der Waals surface area contributed by atoms with Crippen LogP contribution in [0.3, 0.4) is 0 Å². The van der Waals surface area contributed by atoms with E-state index in [1.165, 1.54) is 0 Å². The van der Waals surface area contributed by atoms with Crippen LogP contribution in [0, 0.1) is 0 Å². The molecule has 0 saturated carbocycles. The third-order valence-electron chi connectivity index (χ3n) is 1.99. The van der Waals surface area contributed by atoms with Crippen molar-refractivity contribution in [3.8, 4) is 0 Å². The van der Waals surface area contributed by atoms with Gasteiger partial charge in [-0.25, -0.2) is 0 Å². The first-order valence-electron chi connectivity index (χ1n) is 4.44. The van der Waals surface area contributed by atoms with Gasteiger partial charge < -0.3 is 20.3 Å². The maximum absolute atomic E-state index is 8.98. The van der Waals surface area contributed by atoms with Crippen LogP contribution in [0.4, 0.5) is 0 Å². The number of nitrogens with one attached hydrogen (secondary N) is 1. The zero-order chi connectivity index (χ0) is 8.81. The molecule has 0 radical (unpaired) electrons. The van der Waals surface area contributed by atoms with Gasteiger partial charge in [0.2, 0.25) is 0 Å². The molecule has 1 aliphatic heterocycles. The van der Waals surface area contributed by atoms with Gasteiger partial charge in [0, 0.05) is 19.7 Å². The maximum atomic E-state index is 8.98. The summed E-state index contributed by atoms with van der Waals surface area (Å²) in [5.41, 5.74) is 0. The van der Waals surface area contributed by atoms with E-state index in [1.807, 2.05) is 0 Å². The van der Waals surface area contributed by atoms with Gasteiger partial charge in [0.05, 0.1) is 18.8 Å². The first-order valence-corrected chi connectivity index (χ1v) is 4.44. The fraction of sp³-hybridized carbons (Fsp3) is 1.00. The molecule has 0 aliphatic carbocycles. The van der Waals surface area contributed by atoms with E-state index < -0.39 is 6.10 Å². The molecule has 2 atom stereocenters. The molecule has 0 aromatic carbocycles. The van der Waals surface area contributed by atoms with Crippen LogP contribution < -0.4 is 5.32 Å². The maximum Gasteiger partial charge on any atom is 0.0894 e. The number of aliphatic hydroxyl groups excluding tert-OH is 2. The minimum absolute atomic E-state index is 0.182. The number of hydrogen-bond donors (Lipinski definition) is 3. The highest BCUT2D eigenvalue weighted by Crippen LogP contribution is 2.10. The zero-order valence-electron chi connectivity index (χ0n) is 7.20. The summed E-state index contributed by atoms with van der Waals surface area (Å²) in [6.45, 7) is 1.89. The Labute approximate surface area is 72.5 Å². The van der Waals surface area contributed by atoms with Crippen molar-refractivity contribution in [3.05, 3.63) is 0 Å². The monoisotopic (exact) mass is 175 g/mol. The number of rotatable bonds is 5. The summed E-state index contributed by atoms with van der Waals surface area (Å²) in [4.78, 5) is 0. The highest BCUT2D eigenvalue weighted by Gasteiger charge is 2.14. The summed E-state index contributed by atoms with van der Waals surface area (Å²) in [5.74, 6) is 0. The van der Waals surface area contributed by atoms with Crippen molar-refractivity contribution in [1.82, 2.24) is 5.32 Å². The standard InChI is InChI=1S/C8H17NO3/c10-6-7(11)4-9-5-8-2-1-3-12-8/h7-11H,1-6H2/t7-,8?/m0/s1. The van der Waals surface area contributed by atoms with Crippen molar-refractivity contribution in [1.29, 1.82) is 0 Å². The zero-order valence-corrected chi connectivity index (χ0v) is 7.20. The molecule has 1 saturated heterocycles. The van der Waals surface area contributed by atoms with E-state index in [1.54, 1.807) is 0 Å². The quantitative estimate of drug-likeness (QED) is 0.507. The molecule has 3 N–H and O–H groups in total. The molecule has 0 aromatic heterocycles. The van der Waals surface area contributed by atoms with E-state index in [0.29, 0.717) is 12.6 Å². The van der Waals surface area contributed by atoms with Gasteiger partial charge in [-0.2, -0.15) is 0 Å². The molecule has 4 heteroatoms. The van der Waals surface area contributed by atoms with Crippen LogP contribution in [-0.2, 0) is 4.74 Å². The molecule has 1 aliphatic rings. The SMILES string of the molecule is OC[C@@H](O)CNCC1CCCO1. The molecular formula is C8H17NO3. The fourth-order valence-corrected chi connectivity index (χ4v) is 1.28. The average Bonchev–Trinajstić information content (AvgIpc) is 2.57. The summed E-state index contributed by atoms with van der Waals surface area (Å²) in [5, 5.41) is 20.5. The van der Waals surface area contributed by atoms with Gasteiger partial charge in [-0.1, -0.05) is 0 Å². The van der Waals surface area contributed by atoms with E-state index in [2.05, 4.69) is 5.32 Å². The Morgan fingerprint density at radius 3 is 3.00 bits per heavy atom. The molecule has 1 fully saturated rings. The second-order valence-corrected chi connectivity index (χ2v) is 3.13. The Kier molecular flexibility index (Phi) is 4.53. The van der Waals surface area contributed by atoms with Crippen LogP contribution in [-0.4, -0.2) is 48.7 Å². The summed E-state index contributed by atoms with van der Waals surface area (Å²) < 4.78 is 5.36. The first-order chi connectivity index (χ1) is 5.83. The van der Waals surface area contributed by atoms with Gasteiger partial charge >= 0.3 is 0 Å². The molecule has 72 valence electrons. The average molecular weight is 175 g/mol. The van der Waals surface area contributed by atoms with Gasteiger partial charge in [0.25, 0.3) is 0 Å². The van der Waals surface area contributed by atoms with Gasteiger partial charge in [-0.3, -0.25) is 0 Å². The summed E-state index contributed by atoms with van der Waals surface area (Å²) in [6, 6.07) is 0. The third-order valence-corrected chi connectivity index (χ3v) is 1.99. The molecule has 1 rings (SSSR count). The lowest BCUT2D eigenvalue weighted by molar-refractivity contribution is 0.0813. The van der Waals surface area contributed by atoms with Crippen molar-refractivity contribution in [2.45, 2.75) is 25.0 Å². The van der Waals surface area contributed by atoms with Crippen LogP contribution in [0.2, 0.25) is 0 Å². The second-order valence-electron chi connectivity index (χ2n) is 3.13. The highest BCUT2D eigenvalue weighted by atomic mass is 16.5. The lowest BCUT2D eigenvalue weighted by atomic mass is 10.2. The van der Waals surface area contributed by atoms with Gasteiger partial charge in [0.15, 0.2) is 0 Å². The van der Waals surface area contributed by atoms with Crippen molar-refractivity contribution in [2.24, 2.45) is 0 Å². The lowest BCUT2D eigenvalue weighted by Gasteiger charge is -2.12. The van der Waals surface area contributed by atoms with Crippen LogP contribution in [0.1, 0.15) is 12.8 Å². The van der Waals surface area contributed by atoms with Gasteiger partial charge in [-0.15, -0.1) is 0 Å². The molecule has 4 nitrogen and oxygen atoms in total. The molecular weight excluding hydrogens is 158 g/mol. The van der Waals surface area contributed by atoms with E-state index in [9.17, 15) is 0 Å². The Balaban J connectivity index is 1.94. The molecule has 12 heavy (non-hydrogen) atoms. The van der Waals surface area contributed by atoms with Crippen molar-refractivity contribution < 1.29 is 14.9 Å². The fourth-order valence-electron chi connectivity index (χ4n) is 1.28. The molecule has 0 spiro atoms. The minimum Gasteiger partial charge on any atom is -0.394 e. The Bertz CT molecular complexity index is 115. The van der Waals surface area contributed by atoms with E-state index in [0.717, 1.165) is 26.0 Å². The minimum atomic E-state index is -0.647. The van der Waals surface area contributed by atoms with Crippen LogP contribution in [0.25, 0.3) is 0 Å². The summed E-state index contributed by atoms with van der Waals surface area (Å²) >= 11 is 0. The molecule has 0 amide bonds. The predicted molar refractivity (Wildman–Crippen MR) is 44.9 cm³/mol. The van der Waals surface area contributed by atoms with Gasteiger partial charge in [-0.05, 0) is 12.8 Å². The molecule has 0 bridgehead atoms. The number of ether oxygens (including phenoxy) is 1. The summed E-state index contributed by atoms with van der Waals surface area (Å²) in [7, 11) is 0. The number of hydrogen-bond acceptors (Lipinski definition) is 4. The van der Waals surface area contributed by atoms with Crippen molar-refractivity contribution in [3.63, 3.8) is 0 Å². The van der Waals surface area contributed by atoms with Crippen molar-refractivity contribution >= 4 is 0 Å². The largest absolute Gasteiger partial charge is 0.394 e. The van der Waals surface area contributed by atoms with E-state index in [-0.39, 0.29) is 6.61 Å². The lowest BCUT2D eigenvalue weighted by Crippen LogP contribution is -2.34. The first kappa shape index (κ1) is 9.92. The Morgan fingerprint density at radius 1 is 1.58 bits per heavy atom. The Morgan fingerprint density at radius 2 is 2.42 bits per heavy atom. The number of aliphatic hydroxyl groups is 2. The van der Waals surface area contributed by atoms with Crippen LogP contribution in [0.15, 0.2) is 0 Å². The topological polar surface area (TPSA) is 61.7 Å². The van der Waals surface area contributed by atoms with E-state index in [4.69, 9.17) is 14.9 Å². The summed E-state index contributed by atoms with van der Waals surface area (Å²) in [6.07, 6.45) is 1.89. The predicted octanol–water partition coefficient (Wildman–Crippen LogP) is -0.892. The van der Waals surface area contributed by atoms with Gasteiger partial charge in [0.1, 0.15) is 0 Å². The third kappa shape index (κ3) is 3.49. The smallest absolute Gasteiger partial charge is 0.0894 e. The highest BCUT2D eigenvalue weighted by molar-refractivity contribution is 4.68. The molecule has 1 unspecified atom stereocenters. The van der Waals surface area contributed by atoms with Crippen LogP contribution >= 0.6 is 0 Å². The molecule has 1 heterocycles. The Hall–Kier alpha value is -0.160. The normalized spacial score (nSPS) is 26.0. The molecule has 0 aromatic rings.